The highest BCUT2D eigenvalue weighted by molar-refractivity contribution is 5.76. The number of aryl methyl sites for hydroxylation is 1. The van der Waals surface area contributed by atoms with Crippen LogP contribution in [0.3, 0.4) is 0 Å². The van der Waals surface area contributed by atoms with E-state index in [9.17, 15) is 4.79 Å². The van der Waals surface area contributed by atoms with E-state index in [0.29, 0.717) is 18.4 Å². The molecular formula is C19H28N2O. The largest absolute Gasteiger partial charge is 0.343 e. The van der Waals surface area contributed by atoms with Crippen molar-refractivity contribution in [1.29, 1.82) is 0 Å². The molecule has 3 rings (SSSR count). The van der Waals surface area contributed by atoms with Crippen molar-refractivity contribution in [2.24, 2.45) is 5.92 Å². The molecule has 3 nitrogen and oxygen atoms in total. The quantitative estimate of drug-likeness (QED) is 0.927. The number of nitrogens with zero attached hydrogens (tertiary/aromatic N) is 1. The molecule has 1 aliphatic carbocycles. The first-order valence-electron chi connectivity index (χ1n) is 8.80. The number of amides is 1. The zero-order valence-corrected chi connectivity index (χ0v) is 13.7. The van der Waals surface area contributed by atoms with Crippen molar-refractivity contribution < 1.29 is 4.79 Å². The van der Waals surface area contributed by atoms with Crippen LogP contribution in [-0.4, -0.2) is 36.5 Å². The van der Waals surface area contributed by atoms with Gasteiger partial charge in [-0.1, -0.05) is 31.2 Å². The first-order chi connectivity index (χ1) is 10.7. The lowest BCUT2D eigenvalue weighted by Crippen LogP contribution is -2.41. The Morgan fingerprint density at radius 3 is 2.68 bits per heavy atom. The minimum atomic E-state index is 0.329. The summed E-state index contributed by atoms with van der Waals surface area (Å²) in [6.45, 7) is 5.01. The van der Waals surface area contributed by atoms with Crippen LogP contribution in [-0.2, 0) is 17.6 Å². The van der Waals surface area contributed by atoms with Gasteiger partial charge in [-0.25, -0.2) is 0 Å². The van der Waals surface area contributed by atoms with Gasteiger partial charge in [0, 0.05) is 32.1 Å². The number of nitrogens with one attached hydrogen (secondary N) is 1. The Kier molecular flexibility index (Phi) is 5.14. The molecule has 0 unspecified atom stereocenters. The highest BCUT2D eigenvalue weighted by Crippen LogP contribution is 2.21. The van der Waals surface area contributed by atoms with Crippen molar-refractivity contribution in [3.8, 4) is 0 Å². The zero-order chi connectivity index (χ0) is 15.4. The lowest BCUT2D eigenvalue weighted by atomic mass is 9.88. The summed E-state index contributed by atoms with van der Waals surface area (Å²) in [4.78, 5) is 14.3. The highest BCUT2D eigenvalue weighted by Gasteiger charge is 2.21. The van der Waals surface area contributed by atoms with Gasteiger partial charge in [-0.05, 0) is 49.1 Å². The summed E-state index contributed by atoms with van der Waals surface area (Å²) in [5.74, 6) is 1.11. The Morgan fingerprint density at radius 1 is 1.18 bits per heavy atom. The molecule has 1 heterocycles. The van der Waals surface area contributed by atoms with Crippen LogP contribution >= 0.6 is 0 Å². The van der Waals surface area contributed by atoms with Crippen LogP contribution in [0, 0.1) is 5.92 Å². The van der Waals surface area contributed by atoms with E-state index in [0.717, 1.165) is 38.4 Å². The maximum Gasteiger partial charge on any atom is 0.223 e. The van der Waals surface area contributed by atoms with Crippen LogP contribution in [0.15, 0.2) is 24.3 Å². The molecule has 0 saturated carbocycles. The minimum Gasteiger partial charge on any atom is -0.343 e. The molecule has 3 heteroatoms. The molecule has 1 N–H and O–H groups in total. The predicted octanol–water partition coefficient (Wildman–Crippen LogP) is 2.78. The predicted molar refractivity (Wildman–Crippen MR) is 89.9 cm³/mol. The van der Waals surface area contributed by atoms with Gasteiger partial charge in [0.1, 0.15) is 0 Å². The van der Waals surface area contributed by atoms with E-state index >= 15 is 0 Å². The van der Waals surface area contributed by atoms with Crippen molar-refractivity contribution in [2.45, 2.75) is 51.5 Å². The Bertz CT molecular complexity index is 506. The number of benzene rings is 1. The number of hydrogen-bond donors (Lipinski definition) is 1. The fourth-order valence-corrected chi connectivity index (χ4v) is 3.67. The second kappa shape index (κ2) is 7.28. The van der Waals surface area contributed by atoms with Crippen LogP contribution in [0.4, 0.5) is 0 Å². The normalized spacial score (nSPS) is 22.4. The molecule has 0 radical (unpaired) electrons. The van der Waals surface area contributed by atoms with Crippen molar-refractivity contribution in [3.63, 3.8) is 0 Å². The first kappa shape index (κ1) is 15.5. The molecule has 1 saturated heterocycles. The molecule has 0 aromatic heterocycles. The van der Waals surface area contributed by atoms with Gasteiger partial charge in [0.15, 0.2) is 0 Å². The standard InChI is InChI=1S/C19H28N2O/c1-15-9-12-21(13-10-15)19(22)8-11-20-18-7-6-16-4-2-3-5-17(16)14-18/h2-5,15,18,20H,6-14H2,1H3/t18-/m0/s1. The van der Waals surface area contributed by atoms with Crippen LogP contribution in [0.2, 0.25) is 0 Å². The van der Waals surface area contributed by atoms with Crippen molar-refractivity contribution in [1.82, 2.24) is 10.2 Å². The number of hydrogen-bond acceptors (Lipinski definition) is 2. The van der Waals surface area contributed by atoms with Gasteiger partial charge in [-0.2, -0.15) is 0 Å². The minimum absolute atomic E-state index is 0.329. The third-order valence-electron chi connectivity index (χ3n) is 5.26. The third-order valence-corrected chi connectivity index (χ3v) is 5.26. The number of rotatable bonds is 4. The van der Waals surface area contributed by atoms with Gasteiger partial charge < -0.3 is 10.2 Å². The molecular weight excluding hydrogens is 272 g/mol. The second-order valence-electron chi connectivity index (χ2n) is 6.98. The fraction of sp³-hybridized carbons (Fsp3) is 0.632. The van der Waals surface area contributed by atoms with Crippen molar-refractivity contribution in [2.75, 3.05) is 19.6 Å². The zero-order valence-electron chi connectivity index (χ0n) is 13.7. The molecule has 22 heavy (non-hydrogen) atoms. The Balaban J connectivity index is 1.40. The van der Waals surface area contributed by atoms with E-state index in [1.165, 1.54) is 30.4 Å². The topological polar surface area (TPSA) is 32.3 Å². The Morgan fingerprint density at radius 2 is 1.91 bits per heavy atom. The lowest BCUT2D eigenvalue weighted by molar-refractivity contribution is -0.132. The summed E-state index contributed by atoms with van der Waals surface area (Å²) < 4.78 is 0. The molecule has 0 spiro atoms. The molecule has 0 bridgehead atoms. The van der Waals surface area contributed by atoms with Crippen LogP contribution in [0.1, 0.15) is 43.7 Å². The van der Waals surface area contributed by atoms with Gasteiger partial charge in [0.05, 0.1) is 0 Å². The SMILES string of the molecule is CC1CCN(C(=O)CCN[C@H]2CCc3ccccc3C2)CC1. The summed E-state index contributed by atoms with van der Waals surface area (Å²) in [6.07, 6.45) is 6.42. The maximum atomic E-state index is 12.2. The summed E-state index contributed by atoms with van der Waals surface area (Å²) >= 11 is 0. The molecule has 1 aromatic carbocycles. The van der Waals surface area contributed by atoms with Crippen LogP contribution in [0.25, 0.3) is 0 Å². The third kappa shape index (κ3) is 3.89. The summed E-state index contributed by atoms with van der Waals surface area (Å²) in [5, 5.41) is 3.59. The van der Waals surface area contributed by atoms with Gasteiger partial charge in [-0.15, -0.1) is 0 Å². The van der Waals surface area contributed by atoms with Crippen LogP contribution < -0.4 is 5.32 Å². The molecule has 2 aliphatic rings. The van der Waals surface area contributed by atoms with E-state index in [-0.39, 0.29) is 0 Å². The van der Waals surface area contributed by atoms with Gasteiger partial charge in [-0.3, -0.25) is 4.79 Å². The number of carbonyl (C=O) groups excluding carboxylic acids is 1. The van der Waals surface area contributed by atoms with Gasteiger partial charge >= 0.3 is 0 Å². The first-order valence-corrected chi connectivity index (χ1v) is 8.80. The van der Waals surface area contributed by atoms with E-state index < -0.39 is 0 Å². The van der Waals surface area contributed by atoms with E-state index in [4.69, 9.17) is 0 Å². The second-order valence-corrected chi connectivity index (χ2v) is 6.98. The van der Waals surface area contributed by atoms with Gasteiger partial charge in [0.25, 0.3) is 0 Å². The molecule has 1 aromatic rings. The number of fused-ring (bicyclic) bond motifs is 1. The fourth-order valence-electron chi connectivity index (χ4n) is 3.67. The number of likely N-dealkylation sites (tertiary alicyclic amines) is 1. The summed E-state index contributed by atoms with van der Waals surface area (Å²) in [7, 11) is 0. The van der Waals surface area contributed by atoms with E-state index in [1.807, 2.05) is 0 Å². The maximum absolute atomic E-state index is 12.2. The molecule has 1 amide bonds. The smallest absolute Gasteiger partial charge is 0.223 e. The lowest BCUT2D eigenvalue weighted by Gasteiger charge is -2.31. The Labute approximate surface area is 134 Å². The van der Waals surface area contributed by atoms with Crippen molar-refractivity contribution in [3.05, 3.63) is 35.4 Å². The summed E-state index contributed by atoms with van der Waals surface area (Å²) in [5.41, 5.74) is 2.97. The molecule has 1 aliphatic heterocycles. The monoisotopic (exact) mass is 300 g/mol. The molecule has 120 valence electrons. The number of piperidine rings is 1. The van der Waals surface area contributed by atoms with Gasteiger partial charge in [0.2, 0.25) is 5.91 Å². The van der Waals surface area contributed by atoms with Crippen LogP contribution in [0.5, 0.6) is 0 Å². The Hall–Kier alpha value is -1.35. The van der Waals surface area contributed by atoms with E-state index in [1.54, 1.807) is 0 Å². The molecule has 1 fully saturated rings. The van der Waals surface area contributed by atoms with E-state index in [2.05, 4.69) is 41.4 Å². The average molecular weight is 300 g/mol. The summed E-state index contributed by atoms with van der Waals surface area (Å²) in [6, 6.07) is 9.27. The highest BCUT2D eigenvalue weighted by atomic mass is 16.2. The molecule has 1 atom stereocenters. The van der Waals surface area contributed by atoms with Crippen molar-refractivity contribution >= 4 is 5.91 Å². The average Bonchev–Trinajstić information content (AvgIpc) is 2.55. The number of carbonyl (C=O) groups is 1.